The molecular formula is C38H41ClFN3O6Si. The van der Waals surface area contributed by atoms with Crippen LogP contribution in [0.2, 0.25) is 23.7 Å². The number of nitrogens with zero attached hydrogens (tertiary/aromatic N) is 3. The molecule has 0 unspecified atom stereocenters. The number of aromatic nitrogens is 1. The summed E-state index contributed by atoms with van der Waals surface area (Å²) in [5.74, 6) is -1.01. The van der Waals surface area contributed by atoms with E-state index in [1.165, 1.54) is 11.7 Å². The van der Waals surface area contributed by atoms with Gasteiger partial charge in [-0.3, -0.25) is 19.0 Å². The van der Waals surface area contributed by atoms with Gasteiger partial charge in [0.25, 0.3) is 11.5 Å². The first-order valence-corrected chi connectivity index (χ1v) is 20.0. The molecule has 2 aliphatic rings. The summed E-state index contributed by atoms with van der Waals surface area (Å²) in [6.45, 7) is 5.37. The Kier molecular flexibility index (Phi) is 10.1. The number of aliphatic hydroxyl groups excluding tert-OH is 1. The van der Waals surface area contributed by atoms with Crippen molar-refractivity contribution in [2.75, 3.05) is 25.2 Å². The molecule has 3 heterocycles. The van der Waals surface area contributed by atoms with Crippen LogP contribution in [0.1, 0.15) is 30.0 Å². The van der Waals surface area contributed by atoms with Crippen molar-refractivity contribution in [2.24, 2.45) is 5.92 Å². The van der Waals surface area contributed by atoms with E-state index in [9.17, 15) is 19.5 Å². The number of fused-ring (bicyclic) bond motifs is 2. The molecule has 0 radical (unpaired) electrons. The van der Waals surface area contributed by atoms with Crippen LogP contribution >= 0.6 is 11.6 Å². The maximum Gasteiger partial charge on any atom is 0.297 e. The van der Waals surface area contributed by atoms with Gasteiger partial charge in [0, 0.05) is 47.0 Å². The second kappa shape index (κ2) is 14.1. The van der Waals surface area contributed by atoms with E-state index in [-0.39, 0.29) is 55.8 Å². The maximum absolute atomic E-state index is 16.4. The Morgan fingerprint density at radius 2 is 1.76 bits per heavy atom. The zero-order valence-corrected chi connectivity index (χ0v) is 30.3. The molecule has 4 atom stereocenters. The topological polar surface area (TPSA) is 101 Å². The largest absolute Gasteiger partial charge is 0.491 e. The number of aliphatic hydroxyl groups is 1. The predicted octanol–water partition coefficient (Wildman–Crippen LogP) is 6.23. The third-order valence-electron chi connectivity index (χ3n) is 9.92. The molecule has 3 aromatic carbocycles. The van der Waals surface area contributed by atoms with Gasteiger partial charge < -0.3 is 28.5 Å². The molecule has 6 rings (SSSR count). The molecule has 0 saturated carbocycles. The number of carbonyl (C=O) groups excluding carboxylic acids is 2. The Labute approximate surface area is 297 Å². The fourth-order valence-electron chi connectivity index (χ4n) is 7.67. The summed E-state index contributed by atoms with van der Waals surface area (Å²) in [7, 11) is -2.09. The van der Waals surface area contributed by atoms with Crippen LogP contribution in [-0.4, -0.2) is 61.2 Å². The Morgan fingerprint density at radius 1 is 1.04 bits per heavy atom. The van der Waals surface area contributed by atoms with Crippen LogP contribution in [0.4, 0.5) is 9.80 Å². The van der Waals surface area contributed by atoms with Crippen molar-refractivity contribution in [3.8, 4) is 11.4 Å². The van der Waals surface area contributed by atoms with Gasteiger partial charge in [0.1, 0.15) is 0 Å². The first-order chi connectivity index (χ1) is 23.9. The lowest BCUT2D eigenvalue weighted by molar-refractivity contribution is -0.150. The summed E-state index contributed by atoms with van der Waals surface area (Å²) in [4.78, 5) is 44.6. The van der Waals surface area contributed by atoms with E-state index in [4.69, 9.17) is 21.1 Å². The number of benzene rings is 3. The van der Waals surface area contributed by atoms with Gasteiger partial charge in [0.15, 0.2) is 11.4 Å². The molecule has 0 aliphatic carbocycles. The van der Waals surface area contributed by atoms with E-state index >= 15 is 4.11 Å². The second-order valence-electron chi connectivity index (χ2n) is 13.5. The molecule has 1 spiro atoms. The number of amides is 2. The standard InChI is InChI=1S/C38H41ClFN3O6Si/c1-25-35(50(3,4)40)33(22-34(45)41(19-20-44)23-26-9-6-5-7-10-26)49-38(25)30-21-28(39)14-17-31(30)43(37(38)47)24-27-12-15-29(16-13-27)42-18-8-11-32(48-2)36(42)46/h5-18,21,25,33,35,44H,19-20,22-24H2,1-4H3/t25-,33+,35-,38+/m0/s1. The van der Waals surface area contributed by atoms with Crippen LogP contribution in [-0.2, 0) is 33.0 Å². The minimum Gasteiger partial charge on any atom is -0.491 e. The summed E-state index contributed by atoms with van der Waals surface area (Å²) in [6, 6.07) is 25.3. The number of pyridine rings is 1. The maximum atomic E-state index is 16.4. The highest BCUT2D eigenvalue weighted by Crippen LogP contribution is 2.60. The van der Waals surface area contributed by atoms with Gasteiger partial charge in [0.05, 0.1) is 38.5 Å². The van der Waals surface area contributed by atoms with Crippen LogP contribution in [0.25, 0.3) is 5.69 Å². The minimum atomic E-state index is -3.53. The lowest BCUT2D eigenvalue weighted by Gasteiger charge is -2.31. The van der Waals surface area contributed by atoms with Crippen LogP contribution in [0.15, 0.2) is 95.9 Å². The van der Waals surface area contributed by atoms with Gasteiger partial charge in [-0.1, -0.05) is 61.0 Å². The molecular weight excluding hydrogens is 677 g/mol. The highest BCUT2D eigenvalue weighted by Gasteiger charge is 2.67. The van der Waals surface area contributed by atoms with Crippen LogP contribution in [0.5, 0.6) is 5.75 Å². The van der Waals surface area contributed by atoms with Crippen molar-refractivity contribution in [3.05, 3.63) is 123 Å². The highest BCUT2D eigenvalue weighted by atomic mass is 35.5. The first kappa shape index (κ1) is 35.5. The second-order valence-corrected chi connectivity index (χ2v) is 17.7. The zero-order chi connectivity index (χ0) is 35.8. The number of carbonyl (C=O) groups is 2. The van der Waals surface area contributed by atoms with E-state index in [0.717, 1.165) is 11.1 Å². The molecule has 4 aromatic rings. The van der Waals surface area contributed by atoms with Gasteiger partial charge in [-0.25, -0.2) is 0 Å². The Bertz CT molecular complexity index is 1940. The zero-order valence-electron chi connectivity index (χ0n) is 28.5. The SMILES string of the molecule is COc1cccn(-c2ccc(CN3C(=O)[C@]4(O[C@H](CC(=O)N(CCO)Cc5ccccc5)[C@@H]([Si](C)(C)F)[C@@H]4C)c4cc(Cl)ccc43)cc2)c1=O. The van der Waals surface area contributed by atoms with Crippen LogP contribution in [0, 0.1) is 5.92 Å². The van der Waals surface area contributed by atoms with Crippen molar-refractivity contribution in [2.45, 2.75) is 56.8 Å². The molecule has 9 nitrogen and oxygen atoms in total. The van der Waals surface area contributed by atoms with Crippen molar-refractivity contribution in [1.29, 1.82) is 0 Å². The summed E-state index contributed by atoms with van der Waals surface area (Å²) >= 11 is 6.53. The lowest BCUT2D eigenvalue weighted by Crippen LogP contribution is -2.45. The molecule has 0 bridgehead atoms. The molecule has 1 fully saturated rings. The molecule has 2 amide bonds. The van der Waals surface area contributed by atoms with Crippen molar-refractivity contribution >= 4 is 37.5 Å². The molecule has 50 heavy (non-hydrogen) atoms. The molecule has 262 valence electrons. The van der Waals surface area contributed by atoms with Gasteiger partial charge >= 0.3 is 0 Å². The number of ether oxygens (including phenoxy) is 2. The van der Waals surface area contributed by atoms with Crippen molar-refractivity contribution < 1.29 is 28.3 Å². The molecule has 1 saturated heterocycles. The quantitative estimate of drug-likeness (QED) is 0.146. The van der Waals surface area contributed by atoms with Gasteiger partial charge in [0.2, 0.25) is 14.3 Å². The van der Waals surface area contributed by atoms with E-state index in [0.29, 0.717) is 22.0 Å². The summed E-state index contributed by atoms with van der Waals surface area (Å²) < 4.78 is 29.8. The van der Waals surface area contributed by atoms with Crippen molar-refractivity contribution in [1.82, 2.24) is 9.47 Å². The molecule has 1 aromatic heterocycles. The molecule has 12 heteroatoms. The van der Waals surface area contributed by atoms with Gasteiger partial charge in [-0.2, -0.15) is 0 Å². The average molecular weight is 718 g/mol. The fraction of sp³-hybridized carbons (Fsp3) is 0.342. The van der Waals surface area contributed by atoms with E-state index in [2.05, 4.69) is 0 Å². The Morgan fingerprint density at radius 3 is 2.42 bits per heavy atom. The Hall–Kier alpha value is -4.29. The average Bonchev–Trinajstić information content (AvgIpc) is 3.51. The van der Waals surface area contributed by atoms with E-state index < -0.39 is 31.6 Å². The predicted molar refractivity (Wildman–Crippen MR) is 193 cm³/mol. The monoisotopic (exact) mass is 717 g/mol. The summed E-state index contributed by atoms with van der Waals surface area (Å²) in [6.07, 6.45) is 0.639. The normalized spacial score (nSPS) is 21.5. The van der Waals surface area contributed by atoms with Crippen LogP contribution in [0.3, 0.4) is 0 Å². The fourth-order valence-corrected chi connectivity index (χ4v) is 10.3. The lowest BCUT2D eigenvalue weighted by atomic mass is 9.82. The number of rotatable bonds is 11. The molecule has 1 N–H and O–H groups in total. The number of methoxy groups -OCH3 is 1. The summed E-state index contributed by atoms with van der Waals surface area (Å²) in [5, 5.41) is 10.2. The minimum absolute atomic E-state index is 0.110. The van der Waals surface area contributed by atoms with E-state index in [1.54, 1.807) is 71.6 Å². The number of halogens is 2. The van der Waals surface area contributed by atoms with Gasteiger partial charge in [-0.15, -0.1) is 0 Å². The van der Waals surface area contributed by atoms with Gasteiger partial charge in [-0.05, 0) is 66.7 Å². The Balaban J connectivity index is 1.32. The highest BCUT2D eigenvalue weighted by molar-refractivity contribution is 6.72. The van der Waals surface area contributed by atoms with E-state index in [1.807, 2.05) is 49.4 Å². The molecule has 2 aliphatic heterocycles. The summed E-state index contributed by atoms with van der Waals surface area (Å²) in [5.41, 5.74) is 0.958. The number of anilines is 1. The number of hydrogen-bond donors (Lipinski definition) is 1. The first-order valence-electron chi connectivity index (χ1n) is 16.6. The third kappa shape index (κ3) is 6.50. The third-order valence-corrected chi connectivity index (χ3v) is 12.6. The smallest absolute Gasteiger partial charge is 0.297 e. The van der Waals surface area contributed by atoms with Crippen LogP contribution < -0.4 is 15.2 Å². The van der Waals surface area contributed by atoms with Crippen molar-refractivity contribution in [3.63, 3.8) is 0 Å². The number of hydrogen-bond acceptors (Lipinski definition) is 6.